The Balaban J connectivity index is 1.68. The average Bonchev–Trinajstić information content (AvgIpc) is 3.01. The largest absolute Gasteiger partial charge is 0.481 e. The van der Waals surface area contributed by atoms with Gasteiger partial charge in [-0.15, -0.1) is 0 Å². The third-order valence-electron chi connectivity index (χ3n) is 5.36. The number of rotatable bonds is 5. The molecule has 0 unspecified atom stereocenters. The first-order valence-corrected chi connectivity index (χ1v) is 9.42. The minimum absolute atomic E-state index is 0.0354. The highest BCUT2D eigenvalue weighted by molar-refractivity contribution is 6.34. The highest BCUT2D eigenvalue weighted by Crippen LogP contribution is 2.40. The maximum absolute atomic E-state index is 12.4. The van der Waals surface area contributed by atoms with Crippen molar-refractivity contribution in [2.45, 2.75) is 51.4 Å². The van der Waals surface area contributed by atoms with Crippen molar-refractivity contribution < 1.29 is 19.5 Å². The van der Waals surface area contributed by atoms with Gasteiger partial charge in [0.25, 0.3) is 0 Å². The van der Waals surface area contributed by atoms with Gasteiger partial charge in [0.1, 0.15) is 0 Å². The molecule has 1 aliphatic heterocycles. The molecule has 0 aromatic heterocycles. The maximum atomic E-state index is 12.4. The van der Waals surface area contributed by atoms with Gasteiger partial charge >= 0.3 is 5.97 Å². The lowest BCUT2D eigenvalue weighted by Crippen LogP contribution is -2.37. The Hall–Kier alpha value is -2.08. The van der Waals surface area contributed by atoms with Gasteiger partial charge in [0, 0.05) is 25.1 Å². The van der Waals surface area contributed by atoms with E-state index in [1.165, 1.54) is 0 Å². The number of nitrogens with zero attached hydrogens (tertiary/aromatic N) is 1. The normalized spacial score (nSPS) is 19.4. The van der Waals surface area contributed by atoms with Crippen LogP contribution in [0.25, 0.3) is 0 Å². The van der Waals surface area contributed by atoms with Crippen molar-refractivity contribution in [2.24, 2.45) is 5.41 Å². The molecule has 1 heterocycles. The molecule has 0 radical (unpaired) electrons. The number of carbonyl (C=O) groups excluding carboxylic acids is 2. The summed E-state index contributed by atoms with van der Waals surface area (Å²) in [7, 11) is 0. The van der Waals surface area contributed by atoms with Crippen LogP contribution in [0.2, 0.25) is 5.02 Å². The summed E-state index contributed by atoms with van der Waals surface area (Å²) in [6.45, 7) is 0.644. The number of nitrogens with one attached hydrogen (secondary N) is 1. The number of amides is 2. The molecule has 6 nitrogen and oxygen atoms in total. The molecule has 3 rings (SSSR count). The van der Waals surface area contributed by atoms with Gasteiger partial charge in [-0.05, 0) is 37.5 Å². The monoisotopic (exact) mass is 378 g/mol. The first-order chi connectivity index (χ1) is 12.4. The molecule has 2 N–H and O–H groups in total. The lowest BCUT2D eigenvalue weighted by atomic mass is 9.71. The van der Waals surface area contributed by atoms with Crippen molar-refractivity contribution in [1.82, 2.24) is 0 Å². The fraction of sp³-hybridized carbons (Fsp3) is 0.526. The van der Waals surface area contributed by atoms with Crippen LogP contribution in [0.15, 0.2) is 18.2 Å². The van der Waals surface area contributed by atoms with E-state index < -0.39 is 11.4 Å². The van der Waals surface area contributed by atoms with Crippen LogP contribution in [0.4, 0.5) is 11.4 Å². The summed E-state index contributed by atoms with van der Waals surface area (Å²) in [6.07, 6.45) is 5.05. The summed E-state index contributed by atoms with van der Waals surface area (Å²) in [5.74, 6) is -1.17. The van der Waals surface area contributed by atoms with Crippen LogP contribution in [0, 0.1) is 5.41 Å². The molecule has 1 saturated carbocycles. The van der Waals surface area contributed by atoms with Crippen LogP contribution in [-0.2, 0) is 14.4 Å². The highest BCUT2D eigenvalue weighted by atomic mass is 35.5. The smallest absolute Gasteiger partial charge is 0.310 e. The Kier molecular flexibility index (Phi) is 5.51. The van der Waals surface area contributed by atoms with Gasteiger partial charge in [0.15, 0.2) is 0 Å². The third-order valence-corrected chi connectivity index (χ3v) is 5.66. The molecule has 1 saturated heterocycles. The summed E-state index contributed by atoms with van der Waals surface area (Å²) in [5.41, 5.74) is 0.182. The molecule has 140 valence electrons. The zero-order chi connectivity index (χ0) is 18.7. The number of anilines is 2. The van der Waals surface area contributed by atoms with Crippen molar-refractivity contribution in [3.8, 4) is 0 Å². The number of carboxylic acids is 1. The van der Waals surface area contributed by atoms with Gasteiger partial charge in [0.2, 0.25) is 11.8 Å². The van der Waals surface area contributed by atoms with E-state index >= 15 is 0 Å². The predicted molar refractivity (Wildman–Crippen MR) is 99.4 cm³/mol. The molecule has 26 heavy (non-hydrogen) atoms. The molecule has 0 spiro atoms. The second-order valence-electron chi connectivity index (χ2n) is 7.19. The number of benzene rings is 1. The Morgan fingerprint density at radius 1 is 1.19 bits per heavy atom. The first kappa shape index (κ1) is 18.7. The highest BCUT2D eigenvalue weighted by Gasteiger charge is 2.41. The average molecular weight is 379 g/mol. The maximum Gasteiger partial charge on any atom is 0.310 e. The number of halogens is 1. The molecule has 0 bridgehead atoms. The van der Waals surface area contributed by atoms with E-state index in [2.05, 4.69) is 5.32 Å². The zero-order valence-electron chi connectivity index (χ0n) is 14.6. The van der Waals surface area contributed by atoms with Crippen LogP contribution in [0.3, 0.4) is 0 Å². The molecular weight excluding hydrogens is 356 g/mol. The molecule has 0 atom stereocenters. The Morgan fingerprint density at radius 3 is 2.50 bits per heavy atom. The summed E-state index contributed by atoms with van der Waals surface area (Å²) in [4.78, 5) is 37.6. The van der Waals surface area contributed by atoms with Crippen LogP contribution in [0.1, 0.15) is 51.4 Å². The van der Waals surface area contributed by atoms with Crippen molar-refractivity contribution in [3.63, 3.8) is 0 Å². The molecule has 7 heteroatoms. The Bertz CT molecular complexity index is 728. The molecule has 1 aromatic rings. The van der Waals surface area contributed by atoms with E-state index in [4.69, 9.17) is 11.6 Å². The summed E-state index contributed by atoms with van der Waals surface area (Å²) in [6, 6.07) is 5.02. The molecule has 2 fully saturated rings. The van der Waals surface area contributed by atoms with Gasteiger partial charge in [0.05, 0.1) is 16.1 Å². The molecule has 1 aromatic carbocycles. The minimum Gasteiger partial charge on any atom is -0.481 e. The van der Waals surface area contributed by atoms with Gasteiger partial charge in [-0.25, -0.2) is 0 Å². The van der Waals surface area contributed by atoms with Crippen molar-refractivity contribution >= 4 is 40.8 Å². The number of hydrogen-bond donors (Lipinski definition) is 2. The Labute approximate surface area is 157 Å². The zero-order valence-corrected chi connectivity index (χ0v) is 15.3. The number of carbonyl (C=O) groups is 3. The van der Waals surface area contributed by atoms with Crippen molar-refractivity contribution in [3.05, 3.63) is 23.2 Å². The van der Waals surface area contributed by atoms with E-state index in [1.54, 1.807) is 23.1 Å². The van der Waals surface area contributed by atoms with Crippen LogP contribution in [-0.4, -0.2) is 29.4 Å². The molecule has 2 aliphatic rings. The fourth-order valence-corrected chi connectivity index (χ4v) is 4.20. The molecule has 1 aliphatic carbocycles. The van der Waals surface area contributed by atoms with Crippen LogP contribution in [0.5, 0.6) is 0 Å². The van der Waals surface area contributed by atoms with Crippen molar-refractivity contribution in [2.75, 3.05) is 16.8 Å². The van der Waals surface area contributed by atoms with E-state index in [1.807, 2.05) is 0 Å². The topological polar surface area (TPSA) is 86.7 Å². The summed E-state index contributed by atoms with van der Waals surface area (Å²) in [5, 5.41) is 12.7. The van der Waals surface area contributed by atoms with Gasteiger partial charge in [-0.3, -0.25) is 14.4 Å². The molecular formula is C19H23ClN2O4. The molecule has 2 amide bonds. The third kappa shape index (κ3) is 3.85. The standard InChI is InChI=1S/C19H23ClN2O4/c20-14-11-13(6-7-15(14)22-10-4-5-17(22)24)21-16(23)12-19(18(25)26)8-2-1-3-9-19/h6-7,11H,1-5,8-10,12H2,(H,21,23)(H,25,26). The Morgan fingerprint density at radius 2 is 1.92 bits per heavy atom. The summed E-state index contributed by atoms with van der Waals surface area (Å²) >= 11 is 6.29. The minimum atomic E-state index is -0.964. The van der Waals surface area contributed by atoms with Gasteiger partial charge in [-0.1, -0.05) is 30.9 Å². The quantitative estimate of drug-likeness (QED) is 0.815. The van der Waals surface area contributed by atoms with E-state index in [0.717, 1.165) is 25.7 Å². The van der Waals surface area contributed by atoms with E-state index in [9.17, 15) is 19.5 Å². The van der Waals surface area contributed by atoms with Gasteiger partial charge < -0.3 is 15.3 Å². The second-order valence-corrected chi connectivity index (χ2v) is 7.59. The second kappa shape index (κ2) is 7.66. The summed E-state index contributed by atoms with van der Waals surface area (Å²) < 4.78 is 0. The fourth-order valence-electron chi connectivity index (χ4n) is 3.91. The number of aliphatic carboxylic acids is 1. The van der Waals surface area contributed by atoms with Crippen molar-refractivity contribution in [1.29, 1.82) is 0 Å². The van der Waals surface area contributed by atoms with Crippen LogP contribution >= 0.6 is 11.6 Å². The van der Waals surface area contributed by atoms with Gasteiger partial charge in [-0.2, -0.15) is 0 Å². The number of hydrogen-bond acceptors (Lipinski definition) is 3. The number of carboxylic acid groups (broad SMARTS) is 1. The van der Waals surface area contributed by atoms with E-state index in [-0.39, 0.29) is 18.2 Å². The lowest BCUT2D eigenvalue weighted by Gasteiger charge is -2.32. The predicted octanol–water partition coefficient (Wildman–Crippen LogP) is 3.83. The lowest BCUT2D eigenvalue weighted by molar-refractivity contribution is -0.153. The SMILES string of the molecule is O=C(CC1(C(=O)O)CCCCC1)Nc1ccc(N2CCCC2=O)c(Cl)c1. The van der Waals surface area contributed by atoms with E-state index in [0.29, 0.717) is 42.2 Å². The first-order valence-electron chi connectivity index (χ1n) is 9.04. The van der Waals surface area contributed by atoms with Crippen LogP contribution < -0.4 is 10.2 Å².